The fraction of sp³-hybridized carbons (Fsp3) is 0.704. The summed E-state index contributed by atoms with van der Waals surface area (Å²) >= 11 is 0. The Labute approximate surface area is 187 Å². The molecular weight excluding hydrogens is 384 g/mol. The number of fused-ring (bicyclic) bond motifs is 5. The Morgan fingerprint density at radius 2 is 1.74 bits per heavy atom. The van der Waals surface area contributed by atoms with Crippen LogP contribution in [0, 0.1) is 34.5 Å². The van der Waals surface area contributed by atoms with Crippen molar-refractivity contribution in [3.8, 4) is 0 Å². The molecule has 3 aliphatic carbocycles. The van der Waals surface area contributed by atoms with Crippen LogP contribution in [0.5, 0.6) is 0 Å². The van der Waals surface area contributed by atoms with Gasteiger partial charge in [0.05, 0.1) is 0 Å². The van der Waals surface area contributed by atoms with Gasteiger partial charge in [-0.25, -0.2) is 0 Å². The number of rotatable bonds is 3. The van der Waals surface area contributed by atoms with Crippen LogP contribution in [0.25, 0.3) is 0 Å². The molecule has 0 bridgehead atoms. The molecule has 0 radical (unpaired) electrons. The lowest BCUT2D eigenvalue weighted by atomic mass is 9.47. The van der Waals surface area contributed by atoms with E-state index in [1.807, 2.05) is 37.4 Å². The number of nitrogens with zero attached hydrogens (tertiary/aromatic N) is 1. The van der Waals surface area contributed by atoms with E-state index in [2.05, 4.69) is 24.1 Å². The van der Waals surface area contributed by atoms with Gasteiger partial charge in [0.1, 0.15) is 0 Å². The van der Waals surface area contributed by atoms with Gasteiger partial charge in [-0.1, -0.05) is 32.0 Å². The molecular formula is C27H38N2O2. The van der Waals surface area contributed by atoms with Gasteiger partial charge in [-0.15, -0.1) is 0 Å². The molecule has 4 nitrogen and oxygen atoms in total. The lowest BCUT2D eigenvalue weighted by Gasteiger charge is -2.61. The Balaban J connectivity index is 1.29. The van der Waals surface area contributed by atoms with E-state index >= 15 is 0 Å². The standard InChI is InChI=1S/C27H38N2O2/c1-26-15-13-22-20(10-12-23-27(22,2)16-14-24(30)29(23)3)21(26)11-9-19(26)17-28-25(31)18-7-5-4-6-8-18/h4-8,19-23H,9-17H2,1-3H3,(H,28,31)/t19?,20-,21-,22+,23?,26+,27+/m0/s1. The Bertz CT molecular complexity index is 854. The molecule has 7 atom stereocenters. The second kappa shape index (κ2) is 7.64. The maximum absolute atomic E-state index is 12.6. The molecule has 1 aromatic carbocycles. The molecule has 2 amide bonds. The van der Waals surface area contributed by atoms with Gasteiger partial charge in [0.15, 0.2) is 0 Å². The summed E-state index contributed by atoms with van der Waals surface area (Å²) in [7, 11) is 2.04. The first kappa shape index (κ1) is 21.0. The molecule has 5 rings (SSSR count). The van der Waals surface area contributed by atoms with Gasteiger partial charge in [0.2, 0.25) is 5.91 Å². The maximum atomic E-state index is 12.6. The van der Waals surface area contributed by atoms with Crippen molar-refractivity contribution in [2.45, 2.75) is 71.3 Å². The highest BCUT2D eigenvalue weighted by atomic mass is 16.2. The van der Waals surface area contributed by atoms with Gasteiger partial charge in [-0.2, -0.15) is 0 Å². The lowest BCUT2D eigenvalue weighted by Crippen LogP contribution is -2.61. The van der Waals surface area contributed by atoms with E-state index in [1.165, 1.54) is 38.5 Å². The first-order valence-corrected chi connectivity index (χ1v) is 12.4. The zero-order valence-corrected chi connectivity index (χ0v) is 19.4. The topological polar surface area (TPSA) is 49.4 Å². The summed E-state index contributed by atoms with van der Waals surface area (Å²) in [6.45, 7) is 5.81. The van der Waals surface area contributed by atoms with Crippen LogP contribution in [-0.2, 0) is 4.79 Å². The number of nitrogens with one attached hydrogen (secondary N) is 1. The van der Waals surface area contributed by atoms with Crippen molar-refractivity contribution in [3.05, 3.63) is 35.9 Å². The summed E-state index contributed by atoms with van der Waals surface area (Å²) in [6, 6.07) is 10.0. The molecule has 1 heterocycles. The van der Waals surface area contributed by atoms with Crippen LogP contribution in [-0.4, -0.2) is 36.3 Å². The van der Waals surface area contributed by atoms with Crippen molar-refractivity contribution in [1.29, 1.82) is 0 Å². The summed E-state index contributed by atoms with van der Waals surface area (Å²) in [4.78, 5) is 27.0. The van der Waals surface area contributed by atoms with Crippen LogP contribution in [0.2, 0.25) is 0 Å². The number of carbonyl (C=O) groups excluding carboxylic acids is 2. The second-order valence-electron chi connectivity index (χ2n) is 11.4. The predicted octanol–water partition coefficient (Wildman–Crippen LogP) is 4.90. The molecule has 2 unspecified atom stereocenters. The molecule has 168 valence electrons. The largest absolute Gasteiger partial charge is 0.352 e. The van der Waals surface area contributed by atoms with Gasteiger partial charge < -0.3 is 10.2 Å². The zero-order valence-electron chi connectivity index (χ0n) is 19.4. The third-order valence-corrected chi connectivity index (χ3v) is 10.3. The van der Waals surface area contributed by atoms with Crippen molar-refractivity contribution >= 4 is 11.8 Å². The summed E-state index contributed by atoms with van der Waals surface area (Å²) in [5.74, 6) is 3.28. The minimum absolute atomic E-state index is 0.0595. The molecule has 4 aliphatic rings. The number of hydrogen-bond acceptors (Lipinski definition) is 2. The smallest absolute Gasteiger partial charge is 0.251 e. The molecule has 1 aromatic rings. The van der Waals surface area contributed by atoms with Crippen LogP contribution < -0.4 is 5.32 Å². The Hall–Kier alpha value is -1.84. The average Bonchev–Trinajstić information content (AvgIpc) is 3.12. The molecule has 1 aliphatic heterocycles. The Kier molecular flexibility index (Phi) is 5.18. The van der Waals surface area contributed by atoms with Gasteiger partial charge in [-0.05, 0) is 91.6 Å². The number of piperidine rings is 1. The molecule has 31 heavy (non-hydrogen) atoms. The maximum Gasteiger partial charge on any atom is 0.251 e. The third kappa shape index (κ3) is 3.24. The van der Waals surface area contributed by atoms with E-state index in [0.717, 1.165) is 42.7 Å². The van der Waals surface area contributed by atoms with Crippen LogP contribution in [0.3, 0.4) is 0 Å². The Morgan fingerprint density at radius 1 is 1.00 bits per heavy atom. The van der Waals surface area contributed by atoms with E-state index in [1.54, 1.807) is 0 Å². The highest BCUT2D eigenvalue weighted by molar-refractivity contribution is 5.94. The fourth-order valence-electron chi connectivity index (χ4n) is 8.50. The molecule has 1 saturated heterocycles. The molecule has 4 fully saturated rings. The van der Waals surface area contributed by atoms with E-state index in [-0.39, 0.29) is 11.3 Å². The first-order chi connectivity index (χ1) is 14.8. The van der Waals surface area contributed by atoms with E-state index in [4.69, 9.17) is 0 Å². The molecule has 3 saturated carbocycles. The molecule has 0 aromatic heterocycles. The van der Waals surface area contributed by atoms with Crippen molar-refractivity contribution in [1.82, 2.24) is 10.2 Å². The quantitative estimate of drug-likeness (QED) is 0.753. The minimum Gasteiger partial charge on any atom is -0.352 e. The Morgan fingerprint density at radius 3 is 2.52 bits per heavy atom. The summed E-state index contributed by atoms with van der Waals surface area (Å²) in [5, 5.41) is 3.25. The van der Waals surface area contributed by atoms with Gasteiger partial charge in [0, 0.05) is 31.6 Å². The molecule has 0 spiro atoms. The van der Waals surface area contributed by atoms with Crippen molar-refractivity contribution in [3.63, 3.8) is 0 Å². The van der Waals surface area contributed by atoms with Crippen LogP contribution in [0.4, 0.5) is 0 Å². The molecule has 1 N–H and O–H groups in total. The zero-order chi connectivity index (χ0) is 21.8. The van der Waals surface area contributed by atoms with Crippen LogP contribution >= 0.6 is 0 Å². The van der Waals surface area contributed by atoms with Crippen molar-refractivity contribution in [2.75, 3.05) is 13.6 Å². The lowest BCUT2D eigenvalue weighted by molar-refractivity contribution is -0.158. The normalized spacial score (nSPS) is 41.8. The average molecular weight is 423 g/mol. The van der Waals surface area contributed by atoms with Crippen molar-refractivity contribution < 1.29 is 9.59 Å². The minimum atomic E-state index is 0.0595. The number of benzene rings is 1. The summed E-state index contributed by atoms with van der Waals surface area (Å²) in [6.07, 6.45) is 9.33. The van der Waals surface area contributed by atoms with E-state index < -0.39 is 0 Å². The number of carbonyl (C=O) groups is 2. The molecule has 4 heteroatoms. The predicted molar refractivity (Wildman–Crippen MR) is 122 cm³/mol. The summed E-state index contributed by atoms with van der Waals surface area (Å²) < 4.78 is 0. The van der Waals surface area contributed by atoms with E-state index in [0.29, 0.717) is 23.3 Å². The monoisotopic (exact) mass is 422 g/mol. The fourth-order valence-corrected chi connectivity index (χ4v) is 8.50. The highest BCUT2D eigenvalue weighted by Crippen LogP contribution is 2.66. The third-order valence-electron chi connectivity index (χ3n) is 10.3. The van der Waals surface area contributed by atoms with Gasteiger partial charge in [0.25, 0.3) is 5.91 Å². The van der Waals surface area contributed by atoms with Gasteiger partial charge >= 0.3 is 0 Å². The SMILES string of the molecule is CN1C(=O)CC[C@@]2(C)C1CC[C@@H]1[C@H]2CC[C@]2(C)C(CNC(=O)c3ccccc3)CC[C@@H]12. The van der Waals surface area contributed by atoms with E-state index in [9.17, 15) is 9.59 Å². The number of likely N-dealkylation sites (tertiary alicyclic amines) is 1. The highest BCUT2D eigenvalue weighted by Gasteiger charge is 2.60. The summed E-state index contributed by atoms with van der Waals surface area (Å²) in [5.41, 5.74) is 1.38. The number of amides is 2. The van der Waals surface area contributed by atoms with Crippen molar-refractivity contribution in [2.24, 2.45) is 34.5 Å². The van der Waals surface area contributed by atoms with Crippen LogP contribution in [0.1, 0.15) is 75.6 Å². The number of hydrogen-bond donors (Lipinski definition) is 1. The van der Waals surface area contributed by atoms with Gasteiger partial charge in [-0.3, -0.25) is 9.59 Å². The second-order valence-corrected chi connectivity index (χ2v) is 11.4. The first-order valence-electron chi connectivity index (χ1n) is 12.4. The van der Waals surface area contributed by atoms with Crippen LogP contribution in [0.15, 0.2) is 30.3 Å².